The molecule has 0 saturated carbocycles. The number of amides is 2. The number of anilines is 1. The molecule has 4 nitrogen and oxygen atoms in total. The van der Waals surface area contributed by atoms with Crippen molar-refractivity contribution in [1.29, 1.82) is 0 Å². The summed E-state index contributed by atoms with van der Waals surface area (Å²) in [6.07, 6.45) is 0.232. The summed E-state index contributed by atoms with van der Waals surface area (Å²) in [7, 11) is 1.76. The third-order valence-corrected chi connectivity index (χ3v) is 5.82. The van der Waals surface area contributed by atoms with E-state index in [4.69, 9.17) is 0 Å². The molecule has 2 aromatic carbocycles. The number of thioether (sulfide) groups is 1. The van der Waals surface area contributed by atoms with E-state index in [0.717, 1.165) is 22.8 Å². The van der Waals surface area contributed by atoms with Crippen molar-refractivity contribution in [3.05, 3.63) is 65.2 Å². The molecule has 0 radical (unpaired) electrons. The topological polar surface area (TPSA) is 49.4 Å². The van der Waals surface area contributed by atoms with E-state index in [1.165, 1.54) is 11.1 Å². The van der Waals surface area contributed by atoms with Gasteiger partial charge in [0.05, 0.1) is 5.92 Å². The average molecular weight is 369 g/mol. The lowest BCUT2D eigenvalue weighted by Gasteiger charge is -2.30. The Bertz CT molecular complexity index is 806. The van der Waals surface area contributed by atoms with Crippen molar-refractivity contribution >= 4 is 29.3 Å². The lowest BCUT2D eigenvalue weighted by molar-refractivity contribution is -0.127. The predicted molar refractivity (Wildman–Crippen MR) is 108 cm³/mol. The van der Waals surface area contributed by atoms with E-state index in [0.29, 0.717) is 6.54 Å². The van der Waals surface area contributed by atoms with Crippen LogP contribution in [0.2, 0.25) is 0 Å². The van der Waals surface area contributed by atoms with Gasteiger partial charge in [0, 0.05) is 37.2 Å². The van der Waals surface area contributed by atoms with Gasteiger partial charge < -0.3 is 10.2 Å². The van der Waals surface area contributed by atoms with Crippen LogP contribution in [0.3, 0.4) is 0 Å². The molecule has 3 rings (SSSR count). The molecule has 0 spiro atoms. The van der Waals surface area contributed by atoms with E-state index in [2.05, 4.69) is 30.4 Å². The molecular weight excluding hydrogens is 344 g/mol. The minimum atomic E-state index is -0.392. The van der Waals surface area contributed by atoms with Crippen LogP contribution in [0, 0.1) is 6.92 Å². The first kappa shape index (κ1) is 18.5. The van der Waals surface area contributed by atoms with Crippen LogP contribution in [0.4, 0.5) is 5.69 Å². The fourth-order valence-corrected chi connectivity index (χ4v) is 4.14. The minimum Gasteiger partial charge on any atom is -0.355 e. The van der Waals surface area contributed by atoms with Crippen molar-refractivity contribution in [1.82, 2.24) is 5.32 Å². The van der Waals surface area contributed by atoms with Gasteiger partial charge in [-0.25, -0.2) is 0 Å². The maximum absolute atomic E-state index is 12.6. The summed E-state index contributed by atoms with van der Waals surface area (Å²) in [6, 6.07) is 16.0. The molecule has 2 aromatic rings. The van der Waals surface area contributed by atoms with Crippen molar-refractivity contribution in [3.63, 3.8) is 0 Å². The Morgan fingerprint density at radius 2 is 1.92 bits per heavy atom. The van der Waals surface area contributed by atoms with Crippen LogP contribution in [-0.2, 0) is 15.3 Å². The first-order valence-corrected chi connectivity index (χ1v) is 9.99. The first-order chi connectivity index (χ1) is 12.6. The number of nitrogens with one attached hydrogen (secondary N) is 1. The van der Waals surface area contributed by atoms with E-state index in [1.54, 1.807) is 23.7 Å². The van der Waals surface area contributed by atoms with Gasteiger partial charge in [-0.1, -0.05) is 42.5 Å². The van der Waals surface area contributed by atoms with Crippen LogP contribution in [0.5, 0.6) is 0 Å². The van der Waals surface area contributed by atoms with Crippen LogP contribution >= 0.6 is 11.8 Å². The lowest BCUT2D eigenvalue weighted by atomic mass is 9.89. The zero-order valence-corrected chi connectivity index (χ0v) is 16.0. The summed E-state index contributed by atoms with van der Waals surface area (Å²) >= 11 is 1.81. The van der Waals surface area contributed by atoms with Gasteiger partial charge in [0.2, 0.25) is 11.8 Å². The number of carbonyl (C=O) groups is 2. The highest BCUT2D eigenvalue weighted by Crippen LogP contribution is 2.35. The number of para-hydroxylation sites is 1. The Kier molecular flexibility index (Phi) is 5.99. The highest BCUT2D eigenvalue weighted by molar-refractivity contribution is 7.98. The number of nitrogens with zero attached hydrogens (tertiary/aromatic N) is 1. The Balaban J connectivity index is 1.52. The fraction of sp³-hybridized carbons (Fsp3) is 0.333. The summed E-state index contributed by atoms with van der Waals surface area (Å²) in [5.41, 5.74) is 4.39. The third-order valence-electron chi connectivity index (χ3n) is 4.81. The molecule has 0 aliphatic carbocycles. The van der Waals surface area contributed by atoms with Gasteiger partial charge in [0.25, 0.3) is 0 Å². The zero-order chi connectivity index (χ0) is 18.5. The number of fused-ring (bicyclic) bond motifs is 1. The molecule has 2 amide bonds. The highest BCUT2D eigenvalue weighted by Gasteiger charge is 2.33. The maximum Gasteiger partial charge on any atom is 0.228 e. The predicted octanol–water partition coefficient (Wildman–Crippen LogP) is 3.49. The van der Waals surface area contributed by atoms with Gasteiger partial charge in [0.1, 0.15) is 0 Å². The molecule has 5 heteroatoms. The molecule has 1 heterocycles. The van der Waals surface area contributed by atoms with Gasteiger partial charge in [-0.3, -0.25) is 9.59 Å². The molecule has 1 aliphatic heterocycles. The summed E-state index contributed by atoms with van der Waals surface area (Å²) in [5.74, 6) is 1.32. The second-order valence-corrected chi connectivity index (χ2v) is 7.64. The van der Waals surface area contributed by atoms with Crippen LogP contribution in [0.25, 0.3) is 0 Å². The summed E-state index contributed by atoms with van der Waals surface area (Å²) in [5, 5.41) is 3.00. The average Bonchev–Trinajstić information content (AvgIpc) is 2.65. The van der Waals surface area contributed by atoms with E-state index in [-0.39, 0.29) is 18.2 Å². The van der Waals surface area contributed by atoms with Gasteiger partial charge in [0.15, 0.2) is 0 Å². The van der Waals surface area contributed by atoms with Gasteiger partial charge >= 0.3 is 0 Å². The van der Waals surface area contributed by atoms with Gasteiger partial charge in [-0.15, -0.1) is 0 Å². The largest absolute Gasteiger partial charge is 0.355 e. The van der Waals surface area contributed by atoms with Gasteiger partial charge in [-0.2, -0.15) is 11.8 Å². The maximum atomic E-state index is 12.6. The second kappa shape index (κ2) is 8.41. The molecule has 1 atom stereocenters. The standard InChI is InChI=1S/C21H24N2O2S/c1-15-7-3-4-8-16(15)14-26-12-11-22-21(25)18-13-20(24)23(2)19-10-6-5-9-17(18)19/h3-10,18H,11-14H2,1-2H3,(H,22,25)/t18-/m1/s1. The molecule has 1 N–H and O–H groups in total. The summed E-state index contributed by atoms with van der Waals surface area (Å²) in [6.45, 7) is 2.73. The Morgan fingerprint density at radius 3 is 2.73 bits per heavy atom. The monoisotopic (exact) mass is 368 g/mol. The van der Waals surface area contributed by atoms with Crippen molar-refractivity contribution in [3.8, 4) is 0 Å². The van der Waals surface area contributed by atoms with Crippen molar-refractivity contribution in [2.45, 2.75) is 25.0 Å². The number of aryl methyl sites for hydroxylation is 1. The minimum absolute atomic E-state index is 0.0159. The van der Waals surface area contributed by atoms with Gasteiger partial charge in [-0.05, 0) is 29.7 Å². The lowest BCUT2D eigenvalue weighted by Crippen LogP contribution is -2.39. The summed E-state index contributed by atoms with van der Waals surface area (Å²) in [4.78, 5) is 26.4. The molecule has 1 aliphatic rings. The second-order valence-electron chi connectivity index (χ2n) is 6.54. The molecule has 0 bridgehead atoms. The molecule has 0 fully saturated rings. The first-order valence-electron chi connectivity index (χ1n) is 8.83. The summed E-state index contributed by atoms with van der Waals surface area (Å²) < 4.78 is 0. The molecule has 0 saturated heterocycles. The van der Waals surface area contributed by atoms with Crippen molar-refractivity contribution in [2.24, 2.45) is 0 Å². The van der Waals surface area contributed by atoms with E-state index >= 15 is 0 Å². The fourth-order valence-electron chi connectivity index (χ4n) is 3.20. The Morgan fingerprint density at radius 1 is 1.19 bits per heavy atom. The number of hydrogen-bond donors (Lipinski definition) is 1. The number of benzene rings is 2. The molecule has 0 aromatic heterocycles. The number of rotatable bonds is 6. The molecule has 0 unspecified atom stereocenters. The molecule has 136 valence electrons. The molecular formula is C21H24N2O2S. The number of carbonyl (C=O) groups excluding carboxylic acids is 2. The van der Waals surface area contributed by atoms with Crippen LogP contribution in [0.15, 0.2) is 48.5 Å². The molecule has 26 heavy (non-hydrogen) atoms. The smallest absolute Gasteiger partial charge is 0.228 e. The van der Waals surface area contributed by atoms with Crippen LogP contribution < -0.4 is 10.2 Å². The van der Waals surface area contributed by atoms with Crippen molar-refractivity contribution in [2.75, 3.05) is 24.2 Å². The highest BCUT2D eigenvalue weighted by atomic mass is 32.2. The van der Waals surface area contributed by atoms with Crippen molar-refractivity contribution < 1.29 is 9.59 Å². The Labute approximate surface area is 159 Å². The normalized spacial score (nSPS) is 16.3. The van der Waals surface area contributed by atoms with Crippen LogP contribution in [0.1, 0.15) is 29.0 Å². The SMILES string of the molecule is Cc1ccccc1CSCCNC(=O)[C@@H]1CC(=O)N(C)c2ccccc21. The van der Waals surface area contributed by atoms with E-state index < -0.39 is 5.92 Å². The third kappa shape index (κ3) is 4.10. The quantitative estimate of drug-likeness (QED) is 0.794. The Hall–Kier alpha value is -2.27. The van der Waals surface area contributed by atoms with E-state index in [9.17, 15) is 9.59 Å². The number of hydrogen-bond acceptors (Lipinski definition) is 3. The zero-order valence-electron chi connectivity index (χ0n) is 15.2. The van der Waals surface area contributed by atoms with Crippen LogP contribution in [-0.4, -0.2) is 31.2 Å². The van der Waals surface area contributed by atoms with E-state index in [1.807, 2.05) is 30.3 Å².